The van der Waals surface area contributed by atoms with Gasteiger partial charge in [-0.25, -0.2) is 9.97 Å². The molecule has 0 spiro atoms. The van der Waals surface area contributed by atoms with E-state index in [4.69, 9.17) is 9.97 Å². The molecule has 0 unspecified atom stereocenters. The Kier molecular flexibility index (Phi) is 7.80. The van der Waals surface area contributed by atoms with Crippen molar-refractivity contribution in [2.45, 2.75) is 23.7 Å². The van der Waals surface area contributed by atoms with Gasteiger partial charge in [0.1, 0.15) is 0 Å². The Bertz CT molecular complexity index is 2040. The summed E-state index contributed by atoms with van der Waals surface area (Å²) in [7, 11) is 8.22. The van der Waals surface area contributed by atoms with Crippen molar-refractivity contribution in [2.75, 3.05) is 28.2 Å². The molecule has 9 heterocycles. The van der Waals surface area contributed by atoms with E-state index >= 15 is 0 Å². The van der Waals surface area contributed by atoms with E-state index in [9.17, 15) is 0 Å². The minimum Gasteiger partial charge on any atom is -0.358 e. The number of rotatable bonds is 4. The second kappa shape index (κ2) is 12.8. The van der Waals surface area contributed by atoms with Gasteiger partial charge in [0.05, 0.1) is 22.8 Å². The molecule has 0 amide bonds. The van der Waals surface area contributed by atoms with Crippen LogP contribution in [0.4, 0.5) is 0 Å². The van der Waals surface area contributed by atoms with Gasteiger partial charge in [0.25, 0.3) is 0 Å². The minimum atomic E-state index is 0.0380. The first-order valence-electron chi connectivity index (χ1n) is 17.9. The second-order valence-corrected chi connectivity index (χ2v) is 14.2. The number of aromatic amines is 2. The monoisotopic (exact) mass is 682 g/mol. The van der Waals surface area contributed by atoms with Gasteiger partial charge in [0, 0.05) is 146 Å². The van der Waals surface area contributed by atoms with Gasteiger partial charge in [-0.1, -0.05) is 48.6 Å². The first-order valence-corrected chi connectivity index (χ1v) is 17.9. The summed E-state index contributed by atoms with van der Waals surface area (Å²) >= 11 is 0. The summed E-state index contributed by atoms with van der Waals surface area (Å²) < 4.78 is 0. The van der Waals surface area contributed by atoms with Crippen LogP contribution in [0.5, 0.6) is 0 Å². The summed E-state index contributed by atoms with van der Waals surface area (Å²) in [6.45, 7) is 0. The molecule has 8 nitrogen and oxygen atoms in total. The molecule has 3 aromatic rings. The van der Waals surface area contributed by atoms with E-state index < -0.39 is 0 Å². The quantitative estimate of drug-likeness (QED) is 0.197. The molecule has 0 fully saturated rings. The van der Waals surface area contributed by atoms with Crippen molar-refractivity contribution in [3.05, 3.63) is 168 Å². The molecule has 9 rings (SSSR count). The molecule has 0 saturated heterocycles. The first-order chi connectivity index (χ1) is 25.4. The Balaban J connectivity index is 1.40. The summed E-state index contributed by atoms with van der Waals surface area (Å²) in [4.78, 5) is 27.0. The first kappa shape index (κ1) is 31.7. The molecule has 0 aromatic carbocycles. The van der Waals surface area contributed by atoms with Gasteiger partial charge < -0.3 is 29.6 Å². The van der Waals surface area contributed by atoms with Crippen LogP contribution in [0.15, 0.2) is 122 Å². The van der Waals surface area contributed by atoms with Crippen molar-refractivity contribution < 1.29 is 0 Å². The molecule has 3 aromatic heterocycles. The zero-order chi connectivity index (χ0) is 35.3. The van der Waals surface area contributed by atoms with E-state index in [-0.39, 0.29) is 23.7 Å². The molecule has 8 bridgehead atoms. The Morgan fingerprint density at radius 2 is 0.577 bits per heavy atom. The van der Waals surface area contributed by atoms with Crippen molar-refractivity contribution in [1.82, 2.24) is 39.5 Å². The fraction of sp³-hybridized carbons (Fsp3) is 0.182. The molecule has 6 aliphatic rings. The van der Waals surface area contributed by atoms with Gasteiger partial charge >= 0.3 is 0 Å². The molecule has 8 heteroatoms. The van der Waals surface area contributed by atoms with E-state index in [2.05, 4.69) is 205 Å². The van der Waals surface area contributed by atoms with Crippen molar-refractivity contribution in [3.8, 4) is 0 Å². The molecular formula is C44H42N8. The maximum absolute atomic E-state index is 5.45. The fourth-order valence-electron chi connectivity index (χ4n) is 7.75. The lowest BCUT2D eigenvalue weighted by Crippen LogP contribution is -2.09. The fourth-order valence-corrected chi connectivity index (χ4v) is 7.75. The topological polar surface area (TPSA) is 70.3 Å². The maximum atomic E-state index is 5.45. The number of hydrogen-bond acceptors (Lipinski definition) is 6. The number of nitrogens with zero attached hydrogens (tertiary/aromatic N) is 6. The zero-order valence-electron chi connectivity index (χ0n) is 29.8. The average molecular weight is 683 g/mol. The predicted octanol–water partition coefficient (Wildman–Crippen LogP) is 8.88. The molecule has 0 atom stereocenters. The van der Waals surface area contributed by atoms with Crippen molar-refractivity contribution >= 4 is 46.4 Å². The Hall–Kier alpha value is -6.28. The molecule has 0 saturated carbocycles. The third-order valence-electron chi connectivity index (χ3n) is 10.5. The summed E-state index contributed by atoms with van der Waals surface area (Å²) in [6, 6.07) is 8.83. The third-order valence-corrected chi connectivity index (χ3v) is 10.5. The molecule has 6 aliphatic heterocycles. The van der Waals surface area contributed by atoms with E-state index in [0.29, 0.717) is 0 Å². The van der Waals surface area contributed by atoms with Crippen LogP contribution in [0.3, 0.4) is 0 Å². The minimum absolute atomic E-state index is 0.0380. The van der Waals surface area contributed by atoms with E-state index in [1.165, 1.54) is 0 Å². The van der Waals surface area contributed by atoms with Crippen molar-refractivity contribution in [3.63, 3.8) is 0 Å². The highest BCUT2D eigenvalue weighted by atomic mass is 15.1. The van der Waals surface area contributed by atoms with Gasteiger partial charge in [0.15, 0.2) is 0 Å². The number of H-pyrrole nitrogens is 2. The number of allylic oxidation sites excluding steroid dienone is 8. The molecule has 258 valence electrons. The maximum Gasteiger partial charge on any atom is 0.0699 e. The molecule has 0 radical (unpaired) electrons. The number of fused-ring (bicyclic) bond motifs is 8. The highest BCUT2D eigenvalue weighted by Gasteiger charge is 2.24. The van der Waals surface area contributed by atoms with Crippen LogP contribution in [0, 0.1) is 0 Å². The Morgan fingerprint density at radius 3 is 0.788 bits per heavy atom. The summed E-state index contributed by atoms with van der Waals surface area (Å²) in [5, 5.41) is 0. The van der Waals surface area contributed by atoms with Gasteiger partial charge in [-0.05, 0) is 48.6 Å². The van der Waals surface area contributed by atoms with Gasteiger partial charge in [0.2, 0.25) is 0 Å². The van der Waals surface area contributed by atoms with Crippen molar-refractivity contribution in [1.29, 1.82) is 0 Å². The van der Waals surface area contributed by atoms with Gasteiger partial charge in [-0.15, -0.1) is 0 Å². The van der Waals surface area contributed by atoms with Crippen LogP contribution in [0.25, 0.3) is 46.4 Å². The summed E-state index contributed by atoms with van der Waals surface area (Å²) in [6.07, 6.45) is 43.7. The van der Waals surface area contributed by atoms with Crippen LogP contribution < -0.4 is 0 Å². The zero-order valence-corrected chi connectivity index (χ0v) is 29.8. The lowest BCUT2D eigenvalue weighted by Gasteiger charge is -2.19. The third kappa shape index (κ3) is 5.76. The van der Waals surface area contributed by atoms with E-state index in [1.54, 1.807) is 0 Å². The number of aromatic nitrogens is 4. The highest BCUT2D eigenvalue weighted by molar-refractivity contribution is 5.85. The SMILES string of the molecule is CN1C=CC(c2c3nc(c(C4C=CN(C)C=C4)c4ccc([nH]4)c(C4C=CN(C)C=C4)c4nc(c(C5C=CN(C)C=C5)c5ccc2[nH]5)C=C4)C=C3)C=C1. The summed E-state index contributed by atoms with van der Waals surface area (Å²) in [5.74, 6) is 0.152. The van der Waals surface area contributed by atoms with E-state index in [1.807, 2.05) is 0 Å². The highest BCUT2D eigenvalue weighted by Crippen LogP contribution is 2.38. The number of nitrogens with one attached hydrogen (secondary N) is 2. The van der Waals surface area contributed by atoms with Crippen LogP contribution in [0.2, 0.25) is 0 Å². The lowest BCUT2D eigenvalue weighted by atomic mass is 9.95. The largest absolute Gasteiger partial charge is 0.358 e. The van der Waals surface area contributed by atoms with Crippen molar-refractivity contribution in [2.24, 2.45) is 0 Å². The van der Waals surface area contributed by atoms with Crippen LogP contribution in [0.1, 0.15) is 68.7 Å². The van der Waals surface area contributed by atoms with Gasteiger partial charge in [-0.3, -0.25) is 0 Å². The summed E-state index contributed by atoms with van der Waals surface area (Å²) in [5.41, 5.74) is 12.5. The smallest absolute Gasteiger partial charge is 0.0699 e. The van der Waals surface area contributed by atoms with Crippen LogP contribution in [-0.2, 0) is 0 Å². The Labute approximate surface area is 304 Å². The van der Waals surface area contributed by atoms with Crippen LogP contribution >= 0.6 is 0 Å². The lowest BCUT2D eigenvalue weighted by molar-refractivity contribution is 0.605. The van der Waals surface area contributed by atoms with Gasteiger partial charge in [-0.2, -0.15) is 0 Å². The molecule has 52 heavy (non-hydrogen) atoms. The van der Waals surface area contributed by atoms with Crippen LogP contribution in [-0.4, -0.2) is 67.7 Å². The molecule has 2 N–H and O–H groups in total. The van der Waals surface area contributed by atoms with E-state index in [0.717, 1.165) is 67.1 Å². The molecule has 0 aliphatic carbocycles. The standard InChI is InChI=1S/C44H42N8/c1-49-21-13-29(14-22-49)41-33-5-7-35(45-33)42(30-15-23-50(2)24-16-30)37-9-11-39(47-37)44(32-19-27-52(4)28-20-32)40-12-10-38(48-40)43(36-8-6-34(41)46-36)31-17-25-51(3)26-18-31/h5-32,45,48H,1-4H3. The Morgan fingerprint density at radius 1 is 0.365 bits per heavy atom. The predicted molar refractivity (Wildman–Crippen MR) is 214 cm³/mol. The second-order valence-electron chi connectivity index (χ2n) is 14.2. The normalized spacial score (nSPS) is 18.7. The average Bonchev–Trinajstić information content (AvgIpc) is 3.99. The number of hydrogen-bond donors (Lipinski definition) is 2. The molecular weight excluding hydrogens is 641 g/mol.